The molecule has 0 spiro atoms. The number of carbonyl (C=O) groups excluding carboxylic acids is 1. The first-order valence-electron chi connectivity index (χ1n) is 4.25. The maximum Gasteiger partial charge on any atom is 0.374 e. The van der Waals surface area contributed by atoms with Gasteiger partial charge in [-0.1, -0.05) is 13.8 Å². The smallest absolute Gasteiger partial charge is 0.374 e. The molecule has 0 bridgehead atoms. The molecule has 1 aromatic heterocycles. The molecule has 0 saturated heterocycles. The standard InChI is InChI=1S/C9H14N2O2/c1-6(2)4-7-5-10-8(11-7)9(12)13-3/h5-6H,4H2,1-3H3,(H,10,11). The second-order valence-electron chi connectivity index (χ2n) is 3.35. The van der Waals surface area contributed by atoms with E-state index in [0.29, 0.717) is 5.92 Å². The molecule has 0 unspecified atom stereocenters. The predicted octanol–water partition coefficient (Wildman–Crippen LogP) is 1.39. The molecule has 0 amide bonds. The Bertz CT molecular complexity index is 292. The van der Waals surface area contributed by atoms with Crippen molar-refractivity contribution in [3.63, 3.8) is 0 Å². The number of ether oxygens (including phenoxy) is 1. The lowest BCUT2D eigenvalue weighted by atomic mass is 10.1. The van der Waals surface area contributed by atoms with E-state index < -0.39 is 5.97 Å². The Labute approximate surface area is 77.3 Å². The van der Waals surface area contributed by atoms with Gasteiger partial charge in [0.25, 0.3) is 0 Å². The molecule has 0 fully saturated rings. The van der Waals surface area contributed by atoms with Gasteiger partial charge in [-0.3, -0.25) is 0 Å². The molecule has 0 aromatic carbocycles. The maximum atomic E-state index is 11.0. The summed E-state index contributed by atoms with van der Waals surface area (Å²) in [5, 5.41) is 0. The van der Waals surface area contributed by atoms with E-state index in [1.54, 1.807) is 6.20 Å². The van der Waals surface area contributed by atoms with Gasteiger partial charge in [0.05, 0.1) is 7.11 Å². The molecule has 0 radical (unpaired) electrons. The van der Waals surface area contributed by atoms with Gasteiger partial charge in [0.1, 0.15) is 0 Å². The van der Waals surface area contributed by atoms with E-state index in [-0.39, 0.29) is 5.82 Å². The Morgan fingerprint density at radius 2 is 2.38 bits per heavy atom. The average molecular weight is 182 g/mol. The summed E-state index contributed by atoms with van der Waals surface area (Å²) in [6.07, 6.45) is 2.57. The SMILES string of the molecule is COC(=O)c1ncc(CC(C)C)[nH]1. The molecular formula is C9H14N2O2. The number of methoxy groups -OCH3 is 1. The number of carbonyl (C=O) groups is 1. The van der Waals surface area contributed by atoms with Crippen LogP contribution in [0.5, 0.6) is 0 Å². The van der Waals surface area contributed by atoms with Crippen molar-refractivity contribution in [2.24, 2.45) is 5.92 Å². The van der Waals surface area contributed by atoms with Gasteiger partial charge in [-0.2, -0.15) is 0 Å². The van der Waals surface area contributed by atoms with Gasteiger partial charge in [0, 0.05) is 11.9 Å². The van der Waals surface area contributed by atoms with Gasteiger partial charge in [-0.25, -0.2) is 9.78 Å². The van der Waals surface area contributed by atoms with Crippen LogP contribution >= 0.6 is 0 Å². The van der Waals surface area contributed by atoms with E-state index in [1.165, 1.54) is 7.11 Å². The van der Waals surface area contributed by atoms with Crippen LogP contribution in [-0.2, 0) is 11.2 Å². The van der Waals surface area contributed by atoms with Crippen molar-refractivity contribution in [1.29, 1.82) is 0 Å². The summed E-state index contributed by atoms with van der Waals surface area (Å²) in [4.78, 5) is 17.8. The normalized spacial score (nSPS) is 10.5. The molecule has 0 aliphatic rings. The van der Waals surface area contributed by atoms with Crippen LogP contribution in [0.3, 0.4) is 0 Å². The van der Waals surface area contributed by atoms with Crippen LogP contribution in [0, 0.1) is 5.92 Å². The summed E-state index contributed by atoms with van der Waals surface area (Å²) < 4.78 is 4.52. The predicted molar refractivity (Wildman–Crippen MR) is 48.5 cm³/mol. The Kier molecular flexibility index (Phi) is 3.06. The highest BCUT2D eigenvalue weighted by Gasteiger charge is 2.10. The van der Waals surface area contributed by atoms with Crippen LogP contribution in [0.4, 0.5) is 0 Å². The summed E-state index contributed by atoms with van der Waals surface area (Å²) in [7, 11) is 1.34. The first-order chi connectivity index (χ1) is 6.13. The first kappa shape index (κ1) is 9.77. The van der Waals surface area contributed by atoms with Crippen molar-refractivity contribution in [1.82, 2.24) is 9.97 Å². The van der Waals surface area contributed by atoms with Gasteiger partial charge in [-0.15, -0.1) is 0 Å². The lowest BCUT2D eigenvalue weighted by Gasteiger charge is -1.99. The Morgan fingerprint density at radius 3 is 2.92 bits per heavy atom. The van der Waals surface area contributed by atoms with Crippen molar-refractivity contribution in [3.8, 4) is 0 Å². The minimum atomic E-state index is -0.421. The summed E-state index contributed by atoms with van der Waals surface area (Å²) in [6, 6.07) is 0. The van der Waals surface area contributed by atoms with Crippen LogP contribution in [0.1, 0.15) is 30.2 Å². The number of esters is 1. The number of hydrogen-bond donors (Lipinski definition) is 1. The molecule has 1 rings (SSSR count). The van der Waals surface area contributed by atoms with E-state index >= 15 is 0 Å². The zero-order valence-corrected chi connectivity index (χ0v) is 8.13. The van der Waals surface area contributed by atoms with E-state index in [9.17, 15) is 4.79 Å². The summed E-state index contributed by atoms with van der Waals surface area (Å²) in [6.45, 7) is 4.22. The van der Waals surface area contributed by atoms with Crippen molar-refractivity contribution in [2.75, 3.05) is 7.11 Å². The molecule has 0 saturated carbocycles. The van der Waals surface area contributed by atoms with Gasteiger partial charge < -0.3 is 9.72 Å². The molecule has 0 atom stereocenters. The van der Waals surface area contributed by atoms with Crippen molar-refractivity contribution in [2.45, 2.75) is 20.3 Å². The highest BCUT2D eigenvalue weighted by Crippen LogP contribution is 2.05. The lowest BCUT2D eigenvalue weighted by molar-refractivity contribution is 0.0588. The van der Waals surface area contributed by atoms with Crippen LogP contribution in [0.2, 0.25) is 0 Å². The van der Waals surface area contributed by atoms with Crippen LogP contribution < -0.4 is 0 Å². The van der Waals surface area contributed by atoms with E-state index in [1.807, 2.05) is 0 Å². The highest BCUT2D eigenvalue weighted by molar-refractivity contribution is 5.85. The summed E-state index contributed by atoms with van der Waals surface area (Å²) in [5.74, 6) is 0.402. The number of rotatable bonds is 3. The van der Waals surface area contributed by atoms with E-state index in [2.05, 4.69) is 28.6 Å². The van der Waals surface area contributed by atoms with Gasteiger partial charge >= 0.3 is 5.97 Å². The maximum absolute atomic E-state index is 11.0. The average Bonchev–Trinajstić information content (AvgIpc) is 2.50. The number of H-pyrrole nitrogens is 1. The molecule has 1 heterocycles. The van der Waals surface area contributed by atoms with Crippen molar-refractivity contribution >= 4 is 5.97 Å². The largest absolute Gasteiger partial charge is 0.463 e. The molecule has 1 aromatic rings. The van der Waals surface area contributed by atoms with Crippen LogP contribution in [0.15, 0.2) is 6.20 Å². The minimum Gasteiger partial charge on any atom is -0.463 e. The Morgan fingerprint density at radius 1 is 1.69 bits per heavy atom. The number of nitrogens with one attached hydrogen (secondary N) is 1. The number of hydrogen-bond acceptors (Lipinski definition) is 3. The molecule has 72 valence electrons. The number of aromatic nitrogens is 2. The Balaban J connectivity index is 2.69. The fourth-order valence-electron chi connectivity index (χ4n) is 1.10. The molecule has 0 aliphatic carbocycles. The van der Waals surface area contributed by atoms with Crippen LogP contribution in [0.25, 0.3) is 0 Å². The van der Waals surface area contributed by atoms with Gasteiger partial charge in [0.2, 0.25) is 5.82 Å². The zero-order chi connectivity index (χ0) is 9.84. The molecule has 4 nitrogen and oxygen atoms in total. The zero-order valence-electron chi connectivity index (χ0n) is 8.13. The third-order valence-corrected chi connectivity index (χ3v) is 1.64. The van der Waals surface area contributed by atoms with Crippen LogP contribution in [-0.4, -0.2) is 23.0 Å². The van der Waals surface area contributed by atoms with E-state index in [4.69, 9.17) is 0 Å². The van der Waals surface area contributed by atoms with Gasteiger partial charge in [-0.05, 0) is 12.3 Å². The van der Waals surface area contributed by atoms with Crippen molar-refractivity contribution < 1.29 is 9.53 Å². The highest BCUT2D eigenvalue weighted by atomic mass is 16.5. The Hall–Kier alpha value is -1.32. The summed E-state index contributed by atoms with van der Waals surface area (Å²) in [5.41, 5.74) is 0.968. The fraction of sp³-hybridized carbons (Fsp3) is 0.556. The topological polar surface area (TPSA) is 55.0 Å². The molecule has 0 aliphatic heterocycles. The number of nitrogens with zero attached hydrogens (tertiary/aromatic N) is 1. The van der Waals surface area contributed by atoms with E-state index in [0.717, 1.165) is 12.1 Å². The minimum absolute atomic E-state index is 0.276. The fourth-order valence-corrected chi connectivity index (χ4v) is 1.10. The number of imidazole rings is 1. The number of aromatic amines is 1. The third-order valence-electron chi connectivity index (χ3n) is 1.64. The summed E-state index contributed by atoms with van der Waals surface area (Å²) >= 11 is 0. The molecule has 13 heavy (non-hydrogen) atoms. The second-order valence-corrected chi connectivity index (χ2v) is 3.35. The van der Waals surface area contributed by atoms with Gasteiger partial charge in [0.15, 0.2) is 0 Å². The first-order valence-corrected chi connectivity index (χ1v) is 4.25. The third kappa shape index (κ3) is 2.57. The second kappa shape index (κ2) is 4.07. The molecular weight excluding hydrogens is 168 g/mol. The lowest BCUT2D eigenvalue weighted by Crippen LogP contribution is -2.03. The van der Waals surface area contributed by atoms with Crippen molar-refractivity contribution in [3.05, 3.63) is 17.7 Å². The molecule has 1 N–H and O–H groups in total. The monoisotopic (exact) mass is 182 g/mol. The molecule has 4 heteroatoms. The quantitative estimate of drug-likeness (QED) is 0.719.